The normalized spacial score (nSPS) is 16.6. The fourth-order valence-electron chi connectivity index (χ4n) is 3.06. The van der Waals surface area contributed by atoms with Crippen LogP contribution in [0.25, 0.3) is 0 Å². The van der Waals surface area contributed by atoms with E-state index in [1.165, 1.54) is 0 Å². The van der Waals surface area contributed by atoms with Gasteiger partial charge in [0.15, 0.2) is 0 Å². The second kappa shape index (κ2) is 9.17. The van der Waals surface area contributed by atoms with Crippen LogP contribution >= 0.6 is 0 Å². The summed E-state index contributed by atoms with van der Waals surface area (Å²) in [7, 11) is 0. The van der Waals surface area contributed by atoms with Gasteiger partial charge in [-0.05, 0) is 25.0 Å². The average Bonchev–Trinajstić information content (AvgIpc) is 3.19. The number of likely N-dealkylation sites (N-methyl/N-ethyl adjacent to an activating group) is 1. The van der Waals surface area contributed by atoms with Crippen LogP contribution in [0.2, 0.25) is 0 Å². The van der Waals surface area contributed by atoms with E-state index in [0.29, 0.717) is 19.4 Å². The van der Waals surface area contributed by atoms with Gasteiger partial charge in [0.2, 0.25) is 12.0 Å². The van der Waals surface area contributed by atoms with Crippen molar-refractivity contribution in [3.05, 3.63) is 71.3 Å². The lowest BCUT2D eigenvalue weighted by molar-refractivity contribution is -0.135. The van der Waals surface area contributed by atoms with Crippen molar-refractivity contribution in [3.63, 3.8) is 0 Å². The minimum Gasteiger partial charge on any atom is -0.382 e. The first-order valence-corrected chi connectivity index (χ1v) is 9.48. The van der Waals surface area contributed by atoms with Crippen LogP contribution in [-0.2, 0) is 20.8 Å². The van der Waals surface area contributed by atoms with Gasteiger partial charge in [-0.25, -0.2) is 0 Å². The summed E-state index contributed by atoms with van der Waals surface area (Å²) in [4.78, 5) is 30.5. The third-order valence-electron chi connectivity index (χ3n) is 4.61. The summed E-state index contributed by atoms with van der Waals surface area (Å²) in [6.07, 6.45) is 0.0584. The predicted molar refractivity (Wildman–Crippen MR) is 108 cm³/mol. The lowest BCUT2D eigenvalue weighted by Gasteiger charge is -2.19. The van der Waals surface area contributed by atoms with Crippen LogP contribution in [0.1, 0.15) is 30.0 Å². The maximum Gasteiger partial charge on any atom is 0.265 e. The number of carbonyl (C=O) groups excluding carboxylic acids is 2. The third-order valence-corrected chi connectivity index (χ3v) is 4.61. The maximum absolute atomic E-state index is 12.7. The largest absolute Gasteiger partial charge is 0.382 e. The van der Waals surface area contributed by atoms with Crippen LogP contribution < -0.4 is 10.6 Å². The van der Waals surface area contributed by atoms with Gasteiger partial charge in [-0.2, -0.15) is 0 Å². The molecule has 2 aromatic carbocycles. The lowest BCUT2D eigenvalue weighted by atomic mass is 10.0. The number of amides is 2. The molecule has 6 nitrogen and oxygen atoms in total. The number of carbonyl (C=O) groups is 2. The van der Waals surface area contributed by atoms with E-state index in [0.717, 1.165) is 22.4 Å². The van der Waals surface area contributed by atoms with Crippen molar-refractivity contribution < 1.29 is 14.4 Å². The summed E-state index contributed by atoms with van der Waals surface area (Å²) in [5.74, 6) is -0.546. The van der Waals surface area contributed by atoms with Gasteiger partial charge >= 0.3 is 0 Å². The van der Waals surface area contributed by atoms with Crippen molar-refractivity contribution in [2.24, 2.45) is 5.16 Å². The Morgan fingerprint density at radius 3 is 2.54 bits per heavy atom. The molecule has 2 aromatic rings. The molecule has 2 atom stereocenters. The van der Waals surface area contributed by atoms with Crippen LogP contribution in [-0.4, -0.2) is 36.2 Å². The zero-order chi connectivity index (χ0) is 19.9. The van der Waals surface area contributed by atoms with Gasteiger partial charge in [0.1, 0.15) is 6.04 Å². The van der Waals surface area contributed by atoms with E-state index in [4.69, 9.17) is 4.84 Å². The number of hydrogen-bond acceptors (Lipinski definition) is 4. The summed E-state index contributed by atoms with van der Waals surface area (Å²) in [5.41, 5.74) is 3.80. The average molecular weight is 379 g/mol. The molecule has 0 radical (unpaired) electrons. The molecule has 28 heavy (non-hydrogen) atoms. The lowest BCUT2D eigenvalue weighted by Crippen LogP contribution is -2.50. The van der Waals surface area contributed by atoms with Gasteiger partial charge in [0.25, 0.3) is 5.91 Å². The molecular formula is C22H25N3O3. The quantitative estimate of drug-likeness (QED) is 0.775. The van der Waals surface area contributed by atoms with Crippen molar-refractivity contribution in [2.45, 2.75) is 38.8 Å². The first-order valence-electron chi connectivity index (χ1n) is 9.48. The minimum absolute atomic E-state index is 0.211. The summed E-state index contributed by atoms with van der Waals surface area (Å²) < 4.78 is 0. The first-order chi connectivity index (χ1) is 13.6. The van der Waals surface area contributed by atoms with E-state index in [1.807, 2.05) is 68.4 Å². The highest BCUT2D eigenvalue weighted by atomic mass is 16.6. The topological polar surface area (TPSA) is 79.8 Å². The fraction of sp³-hybridized carbons (Fsp3) is 0.318. The molecule has 6 heteroatoms. The number of oxime groups is 1. The Bertz CT molecular complexity index is 847. The number of nitrogens with zero attached hydrogens (tertiary/aromatic N) is 1. The second-order valence-corrected chi connectivity index (χ2v) is 6.85. The maximum atomic E-state index is 12.7. The third kappa shape index (κ3) is 4.97. The molecule has 0 fully saturated rings. The number of hydrogen-bond donors (Lipinski definition) is 2. The monoisotopic (exact) mass is 379 g/mol. The van der Waals surface area contributed by atoms with Crippen molar-refractivity contribution in [2.75, 3.05) is 6.54 Å². The molecule has 0 unspecified atom stereocenters. The summed E-state index contributed by atoms with van der Waals surface area (Å²) in [5, 5.41) is 9.67. The zero-order valence-electron chi connectivity index (χ0n) is 16.1. The molecule has 1 aliphatic rings. The van der Waals surface area contributed by atoms with Crippen molar-refractivity contribution in [1.82, 2.24) is 10.6 Å². The highest BCUT2D eigenvalue weighted by Gasteiger charge is 2.31. The molecule has 0 aromatic heterocycles. The van der Waals surface area contributed by atoms with E-state index in [1.54, 1.807) is 0 Å². The van der Waals surface area contributed by atoms with Crippen LogP contribution in [0, 0.1) is 6.92 Å². The molecule has 146 valence electrons. The Morgan fingerprint density at radius 2 is 1.86 bits per heavy atom. The number of benzene rings is 2. The van der Waals surface area contributed by atoms with Crippen LogP contribution in [0.4, 0.5) is 0 Å². The Hall–Kier alpha value is -3.15. The molecule has 0 saturated heterocycles. The molecule has 1 aliphatic heterocycles. The molecule has 2 N–H and O–H groups in total. The smallest absolute Gasteiger partial charge is 0.265 e. The highest BCUT2D eigenvalue weighted by molar-refractivity contribution is 6.04. The molecule has 0 bridgehead atoms. The molecule has 0 aliphatic carbocycles. The standard InChI is InChI=1S/C22H25N3O3/c1-3-23-21(26)19(13-16-7-5-4-6-8-16)24-22(27)20-14-18(25-28-20)17-11-9-15(2)10-12-17/h4-12,19-20H,3,13-14H2,1-2H3,(H,23,26)(H,24,27)/t19-,20+/m0/s1. The molecule has 0 spiro atoms. The Kier molecular flexibility index (Phi) is 6.42. The predicted octanol–water partition coefficient (Wildman–Crippen LogP) is 2.35. The summed E-state index contributed by atoms with van der Waals surface area (Å²) in [6, 6.07) is 16.9. The van der Waals surface area contributed by atoms with Gasteiger partial charge in [0, 0.05) is 19.4 Å². The van der Waals surface area contributed by atoms with Crippen LogP contribution in [0.15, 0.2) is 59.8 Å². The minimum atomic E-state index is -0.732. The number of nitrogens with one attached hydrogen (secondary N) is 2. The van der Waals surface area contributed by atoms with Gasteiger partial charge in [-0.1, -0.05) is 65.3 Å². The molecule has 0 saturated carbocycles. The SMILES string of the molecule is CCNC(=O)[C@H](Cc1ccccc1)NC(=O)[C@H]1CC(c2ccc(C)cc2)=NO1. The van der Waals surface area contributed by atoms with Crippen LogP contribution in [0.3, 0.4) is 0 Å². The second-order valence-electron chi connectivity index (χ2n) is 6.85. The molecule has 2 amide bonds. The Balaban J connectivity index is 1.63. The molecule has 3 rings (SSSR count). The van der Waals surface area contributed by atoms with Crippen molar-refractivity contribution in [1.29, 1.82) is 0 Å². The van der Waals surface area contributed by atoms with Gasteiger partial charge in [-0.3, -0.25) is 9.59 Å². The summed E-state index contributed by atoms with van der Waals surface area (Å²) >= 11 is 0. The van der Waals surface area contributed by atoms with Gasteiger partial charge in [0.05, 0.1) is 5.71 Å². The van der Waals surface area contributed by atoms with E-state index >= 15 is 0 Å². The van der Waals surface area contributed by atoms with E-state index in [-0.39, 0.29) is 11.8 Å². The van der Waals surface area contributed by atoms with E-state index in [2.05, 4.69) is 15.8 Å². The number of aryl methyl sites for hydroxylation is 1. The van der Waals surface area contributed by atoms with Gasteiger partial charge < -0.3 is 15.5 Å². The summed E-state index contributed by atoms with van der Waals surface area (Å²) in [6.45, 7) is 4.36. The zero-order valence-corrected chi connectivity index (χ0v) is 16.1. The molecule has 1 heterocycles. The van der Waals surface area contributed by atoms with Gasteiger partial charge in [-0.15, -0.1) is 0 Å². The molecular weight excluding hydrogens is 354 g/mol. The van der Waals surface area contributed by atoms with Crippen molar-refractivity contribution in [3.8, 4) is 0 Å². The van der Waals surface area contributed by atoms with E-state index in [9.17, 15) is 9.59 Å². The Morgan fingerprint density at radius 1 is 1.14 bits per heavy atom. The Labute approximate surface area is 165 Å². The fourth-order valence-corrected chi connectivity index (χ4v) is 3.06. The van der Waals surface area contributed by atoms with Crippen molar-refractivity contribution >= 4 is 17.5 Å². The first kappa shape index (κ1) is 19.6. The highest BCUT2D eigenvalue weighted by Crippen LogP contribution is 2.18. The van der Waals surface area contributed by atoms with Crippen LogP contribution in [0.5, 0.6) is 0 Å². The van der Waals surface area contributed by atoms with E-state index < -0.39 is 12.1 Å². The number of rotatable bonds is 7.